The highest BCUT2D eigenvalue weighted by Gasteiger charge is 2.43. The highest BCUT2D eigenvalue weighted by Crippen LogP contribution is 2.43. The van der Waals surface area contributed by atoms with Crippen LogP contribution >= 0.6 is 0 Å². The second kappa shape index (κ2) is 7.67. The van der Waals surface area contributed by atoms with E-state index in [9.17, 15) is 0 Å². The van der Waals surface area contributed by atoms with Crippen molar-refractivity contribution in [3.8, 4) is 11.8 Å². The van der Waals surface area contributed by atoms with Crippen LogP contribution in [0.5, 0.6) is 5.75 Å². The summed E-state index contributed by atoms with van der Waals surface area (Å²) >= 11 is 0. The van der Waals surface area contributed by atoms with Crippen molar-refractivity contribution >= 4 is 10.9 Å². The number of nitrogens with zero attached hydrogens (tertiary/aromatic N) is 3. The number of benzene rings is 1. The van der Waals surface area contributed by atoms with Gasteiger partial charge in [-0.25, -0.2) is 0 Å². The zero-order chi connectivity index (χ0) is 18.8. The summed E-state index contributed by atoms with van der Waals surface area (Å²) in [7, 11) is 1.67. The fourth-order valence-corrected chi connectivity index (χ4v) is 4.75. The molecule has 5 atom stereocenters. The van der Waals surface area contributed by atoms with Gasteiger partial charge in [0.2, 0.25) is 0 Å². The smallest absolute Gasteiger partial charge is 0.134 e. The molecule has 4 heterocycles. The number of pyridine rings is 1. The molecule has 0 spiro atoms. The molecule has 140 valence electrons. The van der Waals surface area contributed by atoms with E-state index in [1.165, 1.54) is 6.42 Å². The lowest BCUT2D eigenvalue weighted by atomic mass is 9.73. The second-order valence-corrected chi connectivity index (χ2v) is 7.42. The molecule has 0 N–H and O–H groups in total. The van der Waals surface area contributed by atoms with Crippen molar-refractivity contribution in [3.05, 3.63) is 48.7 Å². The van der Waals surface area contributed by atoms with Gasteiger partial charge >= 0.3 is 0 Å². The van der Waals surface area contributed by atoms with Crippen molar-refractivity contribution in [2.45, 2.75) is 25.0 Å². The van der Waals surface area contributed by atoms with Gasteiger partial charge in [0, 0.05) is 24.2 Å². The first-order valence-electron chi connectivity index (χ1n) is 9.53. The average molecular weight is 363 g/mol. The van der Waals surface area contributed by atoms with Crippen LogP contribution in [0.3, 0.4) is 0 Å². The molecule has 5 rings (SSSR count). The number of nitriles is 1. The van der Waals surface area contributed by atoms with E-state index in [0.717, 1.165) is 41.7 Å². The van der Waals surface area contributed by atoms with Gasteiger partial charge in [0.05, 0.1) is 18.7 Å². The summed E-state index contributed by atoms with van der Waals surface area (Å²) in [5.74, 6) is 2.00. The van der Waals surface area contributed by atoms with Gasteiger partial charge in [0.25, 0.3) is 0 Å². The van der Waals surface area contributed by atoms with Gasteiger partial charge in [-0.15, -0.1) is 6.58 Å². The van der Waals surface area contributed by atoms with Crippen molar-refractivity contribution in [1.29, 1.82) is 5.26 Å². The standard InChI is InChI=1S/C22H25N3O2/c1-3-15-14-25-10-7-16(15)12-21(25)22(27-11-8-23)18-6-9-24-20-5-4-17(26-2)13-19(18)20/h3-6,9,13,15-16,21-22H,1,7,10-12,14H2,2H3/t15-,16?,21+,22-/m0/s1. The van der Waals surface area contributed by atoms with E-state index in [0.29, 0.717) is 11.8 Å². The van der Waals surface area contributed by atoms with Gasteiger partial charge < -0.3 is 9.47 Å². The zero-order valence-electron chi connectivity index (χ0n) is 15.7. The lowest BCUT2D eigenvalue weighted by Gasteiger charge is -2.51. The fourth-order valence-electron chi connectivity index (χ4n) is 4.75. The van der Waals surface area contributed by atoms with Crippen LogP contribution in [-0.4, -0.2) is 42.7 Å². The maximum atomic E-state index is 9.13. The van der Waals surface area contributed by atoms with E-state index < -0.39 is 0 Å². The molecular weight excluding hydrogens is 338 g/mol. The fraction of sp³-hybridized carbons (Fsp3) is 0.455. The number of aromatic nitrogens is 1. The number of ether oxygens (including phenoxy) is 2. The summed E-state index contributed by atoms with van der Waals surface area (Å²) < 4.78 is 11.5. The number of hydrogen-bond donors (Lipinski definition) is 0. The number of rotatable bonds is 6. The van der Waals surface area contributed by atoms with Crippen LogP contribution < -0.4 is 4.74 Å². The molecule has 2 aromatic rings. The molecule has 3 aliphatic rings. The van der Waals surface area contributed by atoms with Crippen molar-refractivity contribution in [2.24, 2.45) is 11.8 Å². The summed E-state index contributed by atoms with van der Waals surface area (Å²) in [6.45, 7) is 6.21. The Hall–Kier alpha value is -2.42. The Kier molecular flexibility index (Phi) is 5.11. The molecule has 1 aromatic carbocycles. The molecule has 1 aromatic heterocycles. The summed E-state index contributed by atoms with van der Waals surface area (Å²) in [5, 5.41) is 10.2. The van der Waals surface area contributed by atoms with Crippen molar-refractivity contribution in [2.75, 3.05) is 26.8 Å². The van der Waals surface area contributed by atoms with Gasteiger partial charge in [-0.3, -0.25) is 9.88 Å². The summed E-state index contributed by atoms with van der Waals surface area (Å²) in [6.07, 6.45) is 6.06. The molecular formula is C22H25N3O2. The molecule has 0 saturated carbocycles. The Balaban J connectivity index is 1.74. The predicted octanol–water partition coefficient (Wildman–Crippen LogP) is 3.72. The molecule has 3 saturated heterocycles. The zero-order valence-corrected chi connectivity index (χ0v) is 15.7. The van der Waals surface area contributed by atoms with Crippen LogP contribution in [0, 0.1) is 23.2 Å². The topological polar surface area (TPSA) is 58.4 Å². The third-order valence-electron chi connectivity index (χ3n) is 6.12. The number of methoxy groups -OCH3 is 1. The molecule has 2 unspecified atom stereocenters. The van der Waals surface area contributed by atoms with Crippen LogP contribution in [0.2, 0.25) is 0 Å². The van der Waals surface area contributed by atoms with Crippen molar-refractivity contribution in [1.82, 2.24) is 9.88 Å². The monoisotopic (exact) mass is 363 g/mol. The van der Waals surface area contributed by atoms with Gasteiger partial charge in [-0.1, -0.05) is 6.08 Å². The first-order valence-corrected chi connectivity index (χ1v) is 9.53. The molecule has 0 radical (unpaired) electrons. The minimum Gasteiger partial charge on any atom is -0.497 e. The number of hydrogen-bond acceptors (Lipinski definition) is 5. The lowest BCUT2D eigenvalue weighted by Crippen LogP contribution is -2.55. The Bertz CT molecular complexity index is 875. The minimum absolute atomic E-state index is 0.0817. The van der Waals surface area contributed by atoms with Gasteiger partial charge in [-0.2, -0.15) is 5.26 Å². The normalized spacial score (nSPS) is 27.9. The second-order valence-electron chi connectivity index (χ2n) is 7.42. The lowest BCUT2D eigenvalue weighted by molar-refractivity contribution is -0.0675. The largest absolute Gasteiger partial charge is 0.497 e. The molecule has 3 fully saturated rings. The third kappa shape index (κ3) is 3.31. The van der Waals surface area contributed by atoms with E-state index in [1.807, 2.05) is 30.5 Å². The predicted molar refractivity (Wildman–Crippen MR) is 104 cm³/mol. The van der Waals surface area contributed by atoms with E-state index in [4.69, 9.17) is 14.7 Å². The third-order valence-corrected chi connectivity index (χ3v) is 6.12. The Labute approximate surface area is 160 Å². The molecule has 0 amide bonds. The summed E-state index contributed by atoms with van der Waals surface area (Å²) in [5.41, 5.74) is 2.00. The number of piperidine rings is 3. The van der Waals surface area contributed by atoms with Gasteiger partial charge in [-0.05, 0) is 61.1 Å². The SMILES string of the molecule is C=C[C@H]1CN2CCC1C[C@@H]2[C@@H](OCC#N)c1ccnc2ccc(OC)cc12. The Morgan fingerprint density at radius 3 is 3.04 bits per heavy atom. The van der Waals surface area contributed by atoms with Crippen LogP contribution in [-0.2, 0) is 4.74 Å². The first kappa shape index (κ1) is 18.0. The maximum absolute atomic E-state index is 9.13. The van der Waals surface area contributed by atoms with E-state index in [2.05, 4.69) is 28.6 Å². The average Bonchev–Trinajstić information content (AvgIpc) is 2.74. The van der Waals surface area contributed by atoms with E-state index in [1.54, 1.807) is 7.11 Å². The first-order chi connectivity index (χ1) is 13.2. The van der Waals surface area contributed by atoms with Crippen molar-refractivity contribution in [3.63, 3.8) is 0 Å². The molecule has 0 aliphatic carbocycles. The molecule has 3 aliphatic heterocycles. The highest BCUT2D eigenvalue weighted by atomic mass is 16.5. The Morgan fingerprint density at radius 1 is 1.44 bits per heavy atom. The maximum Gasteiger partial charge on any atom is 0.134 e. The summed E-state index contributed by atoms with van der Waals surface area (Å²) in [4.78, 5) is 7.01. The van der Waals surface area contributed by atoms with E-state index >= 15 is 0 Å². The Morgan fingerprint density at radius 2 is 2.33 bits per heavy atom. The quantitative estimate of drug-likeness (QED) is 0.732. The summed E-state index contributed by atoms with van der Waals surface area (Å²) in [6, 6.07) is 10.4. The molecule has 2 bridgehead atoms. The van der Waals surface area contributed by atoms with Gasteiger partial charge in [0.15, 0.2) is 0 Å². The minimum atomic E-state index is -0.157. The van der Waals surface area contributed by atoms with Crippen LogP contribution in [0.4, 0.5) is 0 Å². The van der Waals surface area contributed by atoms with Gasteiger partial charge in [0.1, 0.15) is 18.5 Å². The van der Waals surface area contributed by atoms with Crippen LogP contribution in [0.1, 0.15) is 24.5 Å². The van der Waals surface area contributed by atoms with Crippen LogP contribution in [0.15, 0.2) is 43.1 Å². The van der Waals surface area contributed by atoms with E-state index in [-0.39, 0.29) is 18.8 Å². The molecule has 27 heavy (non-hydrogen) atoms. The van der Waals surface area contributed by atoms with Crippen molar-refractivity contribution < 1.29 is 9.47 Å². The molecule has 5 nitrogen and oxygen atoms in total. The van der Waals surface area contributed by atoms with Crippen LogP contribution in [0.25, 0.3) is 10.9 Å². The highest BCUT2D eigenvalue weighted by molar-refractivity contribution is 5.84. The number of fused-ring (bicyclic) bond motifs is 4. The molecule has 5 heteroatoms.